The van der Waals surface area contributed by atoms with Crippen molar-refractivity contribution in [3.8, 4) is 11.5 Å². The number of benzene rings is 2. The average molecular weight is 439 g/mol. The van der Waals surface area contributed by atoms with Crippen molar-refractivity contribution in [2.75, 3.05) is 13.7 Å². The number of aromatic nitrogens is 1. The standard InChI is InChI=1S/C25H30N2O3S/c1-6-11-27(25(28)20-7-9-22(29-5)10-8-20)14-21-16-31-24(26-21)15-30-23-13-17(2)12-18(3)19(23)4/h7-10,12-13,16H,6,11,14-15H2,1-5H3. The number of carbonyl (C=O) groups excluding carboxylic acids is 1. The molecule has 0 aliphatic heterocycles. The van der Waals surface area contributed by atoms with Crippen LogP contribution in [0.5, 0.6) is 11.5 Å². The summed E-state index contributed by atoms with van der Waals surface area (Å²) >= 11 is 1.56. The van der Waals surface area contributed by atoms with E-state index in [-0.39, 0.29) is 5.91 Å². The molecule has 3 rings (SSSR count). The maximum Gasteiger partial charge on any atom is 0.254 e. The fourth-order valence-electron chi connectivity index (χ4n) is 3.41. The first-order chi connectivity index (χ1) is 14.9. The number of nitrogens with zero attached hydrogens (tertiary/aromatic N) is 2. The first kappa shape index (κ1) is 22.8. The highest BCUT2D eigenvalue weighted by molar-refractivity contribution is 7.09. The van der Waals surface area contributed by atoms with Crippen molar-refractivity contribution in [3.63, 3.8) is 0 Å². The molecule has 0 N–H and O–H groups in total. The maximum absolute atomic E-state index is 13.0. The zero-order chi connectivity index (χ0) is 22.4. The lowest BCUT2D eigenvalue weighted by molar-refractivity contribution is 0.0741. The Morgan fingerprint density at radius 1 is 1.13 bits per heavy atom. The van der Waals surface area contributed by atoms with Gasteiger partial charge in [-0.2, -0.15) is 0 Å². The van der Waals surface area contributed by atoms with Crippen LogP contribution < -0.4 is 9.47 Å². The van der Waals surface area contributed by atoms with E-state index in [4.69, 9.17) is 14.5 Å². The summed E-state index contributed by atoms with van der Waals surface area (Å²) < 4.78 is 11.2. The molecule has 3 aromatic rings. The van der Waals surface area contributed by atoms with Gasteiger partial charge >= 0.3 is 0 Å². The van der Waals surface area contributed by atoms with Crippen LogP contribution in [-0.4, -0.2) is 29.4 Å². The Morgan fingerprint density at radius 2 is 1.87 bits per heavy atom. The Labute approximate surface area is 188 Å². The summed E-state index contributed by atoms with van der Waals surface area (Å²) in [6.07, 6.45) is 0.883. The van der Waals surface area contributed by atoms with E-state index in [0.717, 1.165) is 34.2 Å². The van der Waals surface area contributed by atoms with Gasteiger partial charge < -0.3 is 14.4 Å². The molecule has 1 heterocycles. The van der Waals surface area contributed by atoms with E-state index in [1.165, 1.54) is 11.1 Å². The van der Waals surface area contributed by atoms with Gasteiger partial charge in [-0.25, -0.2) is 4.98 Å². The number of hydrogen-bond acceptors (Lipinski definition) is 5. The Kier molecular flexibility index (Phi) is 7.69. The molecule has 5 nitrogen and oxygen atoms in total. The van der Waals surface area contributed by atoms with E-state index >= 15 is 0 Å². The molecular weight excluding hydrogens is 408 g/mol. The van der Waals surface area contributed by atoms with E-state index in [0.29, 0.717) is 25.3 Å². The summed E-state index contributed by atoms with van der Waals surface area (Å²) in [6.45, 7) is 9.90. The summed E-state index contributed by atoms with van der Waals surface area (Å²) in [5, 5.41) is 2.92. The van der Waals surface area contributed by atoms with Crippen LogP contribution in [0.2, 0.25) is 0 Å². The van der Waals surface area contributed by atoms with Crippen molar-refractivity contribution in [3.05, 3.63) is 74.7 Å². The predicted octanol–water partition coefficient (Wildman–Crippen LogP) is 5.71. The van der Waals surface area contributed by atoms with Crippen molar-refractivity contribution in [2.45, 2.75) is 47.3 Å². The fourth-order valence-corrected chi connectivity index (χ4v) is 4.11. The van der Waals surface area contributed by atoms with E-state index in [2.05, 4.69) is 39.8 Å². The molecule has 0 aliphatic rings. The number of aryl methyl sites for hydroxylation is 2. The van der Waals surface area contributed by atoms with Gasteiger partial charge in [0.2, 0.25) is 0 Å². The number of carbonyl (C=O) groups is 1. The van der Waals surface area contributed by atoms with E-state index < -0.39 is 0 Å². The van der Waals surface area contributed by atoms with Gasteiger partial charge in [-0.1, -0.05) is 13.0 Å². The topological polar surface area (TPSA) is 51.7 Å². The van der Waals surface area contributed by atoms with Gasteiger partial charge in [-0.3, -0.25) is 4.79 Å². The monoisotopic (exact) mass is 438 g/mol. The number of rotatable bonds is 9. The van der Waals surface area contributed by atoms with Crippen LogP contribution in [0.1, 0.15) is 51.1 Å². The summed E-state index contributed by atoms with van der Waals surface area (Å²) in [6, 6.07) is 11.4. The van der Waals surface area contributed by atoms with Crippen LogP contribution in [-0.2, 0) is 13.2 Å². The zero-order valence-corrected chi connectivity index (χ0v) is 19.7. The SMILES string of the molecule is CCCN(Cc1csc(COc2cc(C)cc(C)c2C)n1)C(=O)c1ccc(OC)cc1. The molecule has 0 saturated carbocycles. The van der Waals surface area contributed by atoms with Gasteiger partial charge in [0, 0.05) is 17.5 Å². The molecule has 1 aromatic heterocycles. The molecule has 0 spiro atoms. The second kappa shape index (κ2) is 10.4. The number of ether oxygens (including phenoxy) is 2. The highest BCUT2D eigenvalue weighted by Gasteiger charge is 2.17. The van der Waals surface area contributed by atoms with E-state index in [1.54, 1.807) is 30.6 Å². The van der Waals surface area contributed by atoms with Crippen LogP contribution in [0.3, 0.4) is 0 Å². The number of thiazole rings is 1. The van der Waals surface area contributed by atoms with Gasteiger partial charge in [0.25, 0.3) is 5.91 Å². The molecule has 2 aromatic carbocycles. The summed E-state index contributed by atoms with van der Waals surface area (Å²) in [4.78, 5) is 19.5. The van der Waals surface area contributed by atoms with Crippen LogP contribution in [0, 0.1) is 20.8 Å². The Morgan fingerprint density at radius 3 is 2.55 bits per heavy atom. The lowest BCUT2D eigenvalue weighted by Gasteiger charge is -2.21. The largest absolute Gasteiger partial charge is 0.497 e. The number of hydrogen-bond donors (Lipinski definition) is 0. The Bertz CT molecular complexity index is 1030. The zero-order valence-electron chi connectivity index (χ0n) is 18.9. The van der Waals surface area contributed by atoms with Crippen LogP contribution in [0.15, 0.2) is 41.8 Å². The molecule has 0 radical (unpaired) electrons. The predicted molar refractivity (Wildman–Crippen MR) is 125 cm³/mol. The minimum atomic E-state index is 0.00108. The quantitative estimate of drug-likeness (QED) is 0.429. The second-order valence-corrected chi connectivity index (χ2v) is 8.62. The summed E-state index contributed by atoms with van der Waals surface area (Å²) in [7, 11) is 1.62. The molecule has 0 unspecified atom stereocenters. The third-order valence-corrected chi connectivity index (χ3v) is 6.06. The Balaban J connectivity index is 1.66. The van der Waals surface area contributed by atoms with Gasteiger partial charge in [0.1, 0.15) is 23.1 Å². The second-order valence-electron chi connectivity index (χ2n) is 7.68. The van der Waals surface area contributed by atoms with Crippen LogP contribution >= 0.6 is 11.3 Å². The van der Waals surface area contributed by atoms with Gasteiger partial charge in [0.05, 0.1) is 19.3 Å². The minimum Gasteiger partial charge on any atom is -0.497 e. The van der Waals surface area contributed by atoms with E-state index in [9.17, 15) is 4.79 Å². The first-order valence-corrected chi connectivity index (χ1v) is 11.4. The normalized spacial score (nSPS) is 10.7. The fraction of sp³-hybridized carbons (Fsp3) is 0.360. The van der Waals surface area contributed by atoms with Gasteiger partial charge in [-0.05, 0) is 74.2 Å². The third-order valence-electron chi connectivity index (χ3n) is 5.19. The number of methoxy groups -OCH3 is 1. The van der Waals surface area contributed by atoms with Crippen molar-refractivity contribution in [1.29, 1.82) is 0 Å². The lowest BCUT2D eigenvalue weighted by atomic mass is 10.1. The maximum atomic E-state index is 13.0. The summed E-state index contributed by atoms with van der Waals surface area (Å²) in [5.41, 5.74) is 5.10. The molecule has 31 heavy (non-hydrogen) atoms. The molecular formula is C25H30N2O3S. The van der Waals surface area contributed by atoms with Crippen molar-refractivity contribution >= 4 is 17.2 Å². The lowest BCUT2D eigenvalue weighted by Crippen LogP contribution is -2.31. The van der Waals surface area contributed by atoms with Gasteiger partial charge in [0.15, 0.2) is 0 Å². The molecule has 164 valence electrons. The smallest absolute Gasteiger partial charge is 0.254 e. The van der Waals surface area contributed by atoms with Crippen LogP contribution in [0.25, 0.3) is 0 Å². The highest BCUT2D eigenvalue weighted by atomic mass is 32.1. The first-order valence-electron chi connectivity index (χ1n) is 10.5. The summed E-state index contributed by atoms with van der Waals surface area (Å²) in [5.74, 6) is 1.64. The molecule has 6 heteroatoms. The molecule has 1 amide bonds. The molecule has 0 aliphatic carbocycles. The van der Waals surface area contributed by atoms with Crippen molar-refractivity contribution < 1.29 is 14.3 Å². The molecule has 0 atom stereocenters. The Hall–Kier alpha value is -2.86. The molecule has 0 bridgehead atoms. The highest BCUT2D eigenvalue weighted by Crippen LogP contribution is 2.25. The minimum absolute atomic E-state index is 0.00108. The molecule has 0 saturated heterocycles. The number of amides is 1. The van der Waals surface area contributed by atoms with Crippen molar-refractivity contribution in [2.24, 2.45) is 0 Å². The molecule has 0 fully saturated rings. The van der Waals surface area contributed by atoms with E-state index in [1.807, 2.05) is 22.4 Å². The van der Waals surface area contributed by atoms with Crippen LogP contribution in [0.4, 0.5) is 0 Å². The average Bonchev–Trinajstić information content (AvgIpc) is 3.22. The van der Waals surface area contributed by atoms with Crippen molar-refractivity contribution in [1.82, 2.24) is 9.88 Å². The van der Waals surface area contributed by atoms with Gasteiger partial charge in [-0.15, -0.1) is 11.3 Å². The third kappa shape index (κ3) is 5.85.